The second-order valence-electron chi connectivity index (χ2n) is 5.97. The van der Waals surface area contributed by atoms with Gasteiger partial charge in [0.15, 0.2) is 5.82 Å². The van der Waals surface area contributed by atoms with Gasteiger partial charge in [-0.15, -0.1) is 0 Å². The maximum atomic E-state index is 12.5. The molecule has 0 aromatic carbocycles. The molecule has 120 valence electrons. The highest BCUT2D eigenvalue weighted by Crippen LogP contribution is 2.40. The Labute approximate surface area is 132 Å². The summed E-state index contributed by atoms with van der Waals surface area (Å²) in [6, 6.07) is 0. The molecule has 2 aliphatic heterocycles. The van der Waals surface area contributed by atoms with Gasteiger partial charge in [-0.3, -0.25) is 9.78 Å². The fourth-order valence-corrected chi connectivity index (χ4v) is 3.32. The van der Waals surface area contributed by atoms with Crippen molar-refractivity contribution < 1.29 is 14.1 Å². The fraction of sp³-hybridized carbons (Fsp3) is 0.533. The van der Waals surface area contributed by atoms with Gasteiger partial charge in [-0.1, -0.05) is 5.16 Å². The summed E-state index contributed by atoms with van der Waals surface area (Å²) in [5.41, 5.74) is 0.383. The van der Waals surface area contributed by atoms with Gasteiger partial charge in [0.05, 0.1) is 12.3 Å². The van der Waals surface area contributed by atoms with Crippen molar-refractivity contribution in [3.63, 3.8) is 0 Å². The van der Waals surface area contributed by atoms with Crippen LogP contribution < -0.4 is 0 Å². The first-order valence-electron chi connectivity index (χ1n) is 7.71. The van der Waals surface area contributed by atoms with E-state index in [1.165, 1.54) is 12.4 Å². The van der Waals surface area contributed by atoms with Crippen molar-refractivity contribution in [2.75, 3.05) is 13.1 Å². The molecule has 0 N–H and O–H groups in total. The number of aromatic nitrogens is 4. The van der Waals surface area contributed by atoms with E-state index in [2.05, 4.69) is 20.1 Å². The van der Waals surface area contributed by atoms with Gasteiger partial charge in [0.1, 0.15) is 11.8 Å². The maximum absolute atomic E-state index is 12.5. The van der Waals surface area contributed by atoms with E-state index in [4.69, 9.17) is 9.26 Å². The molecule has 3 atom stereocenters. The lowest BCUT2D eigenvalue weighted by Crippen LogP contribution is -2.44. The van der Waals surface area contributed by atoms with Crippen LogP contribution in [0, 0.1) is 12.8 Å². The summed E-state index contributed by atoms with van der Waals surface area (Å²) in [6.45, 7) is 3.10. The molecule has 0 aliphatic carbocycles. The van der Waals surface area contributed by atoms with Crippen LogP contribution in [0.25, 0.3) is 0 Å². The molecule has 2 saturated heterocycles. The van der Waals surface area contributed by atoms with Crippen LogP contribution in [0.4, 0.5) is 0 Å². The number of carbonyl (C=O) groups is 1. The van der Waals surface area contributed by atoms with Crippen LogP contribution in [0.15, 0.2) is 23.1 Å². The Morgan fingerprint density at radius 1 is 1.39 bits per heavy atom. The Hall–Kier alpha value is -2.35. The zero-order chi connectivity index (χ0) is 15.8. The number of hydrogen-bond donors (Lipinski definition) is 0. The fourth-order valence-electron chi connectivity index (χ4n) is 3.32. The van der Waals surface area contributed by atoms with Crippen molar-refractivity contribution in [1.29, 1.82) is 0 Å². The molecular weight excluding hydrogens is 298 g/mol. The highest BCUT2D eigenvalue weighted by atomic mass is 16.5. The van der Waals surface area contributed by atoms with E-state index in [1.54, 1.807) is 13.1 Å². The van der Waals surface area contributed by atoms with Gasteiger partial charge in [0.25, 0.3) is 11.8 Å². The van der Waals surface area contributed by atoms with E-state index < -0.39 is 0 Å². The SMILES string of the molecule is Cc1noc([C@H]2C[C@H]3CN(C(=O)c4cnccn4)CC[C@H]3O2)n1. The average molecular weight is 315 g/mol. The lowest BCUT2D eigenvalue weighted by atomic mass is 9.92. The molecule has 4 rings (SSSR count). The van der Waals surface area contributed by atoms with Gasteiger partial charge >= 0.3 is 0 Å². The molecule has 0 radical (unpaired) electrons. The average Bonchev–Trinajstić information content (AvgIpc) is 3.20. The topological polar surface area (TPSA) is 94.2 Å². The zero-order valence-corrected chi connectivity index (χ0v) is 12.8. The molecular formula is C15H17N5O3. The van der Waals surface area contributed by atoms with Crippen molar-refractivity contribution in [2.45, 2.75) is 32.0 Å². The predicted molar refractivity (Wildman–Crippen MR) is 77.3 cm³/mol. The van der Waals surface area contributed by atoms with Crippen molar-refractivity contribution >= 4 is 5.91 Å². The van der Waals surface area contributed by atoms with Gasteiger partial charge in [0.2, 0.25) is 0 Å². The first kappa shape index (κ1) is 14.3. The second kappa shape index (κ2) is 5.69. The molecule has 8 nitrogen and oxygen atoms in total. The Kier molecular flexibility index (Phi) is 3.53. The van der Waals surface area contributed by atoms with Crippen molar-refractivity contribution in [1.82, 2.24) is 25.0 Å². The zero-order valence-electron chi connectivity index (χ0n) is 12.8. The minimum absolute atomic E-state index is 0.0753. The lowest BCUT2D eigenvalue weighted by Gasteiger charge is -2.33. The lowest BCUT2D eigenvalue weighted by molar-refractivity contribution is -0.00787. The van der Waals surface area contributed by atoms with E-state index in [0.717, 1.165) is 12.8 Å². The molecule has 2 aromatic rings. The van der Waals surface area contributed by atoms with Gasteiger partial charge in [-0.25, -0.2) is 4.98 Å². The molecule has 2 aromatic heterocycles. The predicted octanol–water partition coefficient (Wildman–Crippen LogP) is 1.16. The van der Waals surface area contributed by atoms with Crippen molar-refractivity contribution in [3.05, 3.63) is 36.0 Å². The maximum Gasteiger partial charge on any atom is 0.274 e. The highest BCUT2D eigenvalue weighted by Gasteiger charge is 2.42. The van der Waals surface area contributed by atoms with Gasteiger partial charge < -0.3 is 14.2 Å². The molecule has 4 heterocycles. The number of carbonyl (C=O) groups excluding carboxylic acids is 1. The molecule has 2 aliphatic rings. The standard InChI is InChI=1S/C15H17N5O3/c1-9-18-14(23-19-9)13-6-10-8-20(5-2-12(10)22-13)15(21)11-7-16-3-4-17-11/h3-4,7,10,12-13H,2,5-6,8H2,1H3/t10-,12+,13+/m0/s1. The van der Waals surface area contributed by atoms with Crippen LogP contribution >= 0.6 is 0 Å². The summed E-state index contributed by atoms with van der Waals surface area (Å²) < 4.78 is 11.2. The van der Waals surface area contributed by atoms with E-state index >= 15 is 0 Å². The number of rotatable bonds is 2. The van der Waals surface area contributed by atoms with E-state index in [0.29, 0.717) is 30.5 Å². The first-order valence-corrected chi connectivity index (χ1v) is 7.71. The van der Waals surface area contributed by atoms with Crippen LogP contribution in [-0.2, 0) is 4.74 Å². The Morgan fingerprint density at radius 3 is 3.04 bits per heavy atom. The quantitative estimate of drug-likeness (QED) is 0.820. The number of nitrogens with zero attached hydrogens (tertiary/aromatic N) is 5. The number of amides is 1. The van der Waals surface area contributed by atoms with E-state index in [-0.39, 0.29) is 24.0 Å². The summed E-state index contributed by atoms with van der Waals surface area (Å²) in [5, 5.41) is 3.82. The number of aryl methyl sites for hydroxylation is 1. The summed E-state index contributed by atoms with van der Waals surface area (Å²) >= 11 is 0. The van der Waals surface area contributed by atoms with E-state index in [9.17, 15) is 4.79 Å². The van der Waals surface area contributed by atoms with E-state index in [1.807, 2.05) is 4.90 Å². The van der Waals surface area contributed by atoms with Crippen molar-refractivity contribution in [3.8, 4) is 0 Å². The third-order valence-electron chi connectivity index (χ3n) is 4.41. The van der Waals surface area contributed by atoms with Crippen LogP contribution in [0.2, 0.25) is 0 Å². The minimum atomic E-state index is -0.169. The van der Waals surface area contributed by atoms with Crippen LogP contribution in [0.5, 0.6) is 0 Å². The number of piperidine rings is 1. The highest BCUT2D eigenvalue weighted by molar-refractivity contribution is 5.92. The molecule has 23 heavy (non-hydrogen) atoms. The Bertz CT molecular complexity index is 704. The number of ether oxygens (including phenoxy) is 1. The molecule has 0 bridgehead atoms. The molecule has 2 fully saturated rings. The van der Waals surface area contributed by atoms with Gasteiger partial charge in [-0.2, -0.15) is 4.98 Å². The van der Waals surface area contributed by atoms with Crippen LogP contribution in [0.3, 0.4) is 0 Å². The van der Waals surface area contributed by atoms with Crippen LogP contribution in [0.1, 0.15) is 41.1 Å². The molecule has 0 spiro atoms. The third-order valence-corrected chi connectivity index (χ3v) is 4.41. The van der Waals surface area contributed by atoms with Gasteiger partial charge in [-0.05, 0) is 19.8 Å². The summed E-state index contributed by atoms with van der Waals surface area (Å²) in [7, 11) is 0. The minimum Gasteiger partial charge on any atom is -0.365 e. The van der Waals surface area contributed by atoms with Crippen molar-refractivity contribution in [2.24, 2.45) is 5.92 Å². The second-order valence-corrected chi connectivity index (χ2v) is 5.97. The third kappa shape index (κ3) is 2.70. The normalized spacial score (nSPS) is 27.0. The Morgan fingerprint density at radius 2 is 2.30 bits per heavy atom. The Balaban J connectivity index is 1.44. The first-order chi connectivity index (χ1) is 11.2. The number of fused-ring (bicyclic) bond motifs is 1. The molecule has 0 unspecified atom stereocenters. The monoisotopic (exact) mass is 315 g/mol. The molecule has 1 amide bonds. The smallest absolute Gasteiger partial charge is 0.274 e. The molecule has 0 saturated carbocycles. The summed E-state index contributed by atoms with van der Waals surface area (Å²) in [6.07, 6.45) is 6.16. The summed E-state index contributed by atoms with van der Waals surface area (Å²) in [5.74, 6) is 1.34. The summed E-state index contributed by atoms with van der Waals surface area (Å²) in [4.78, 5) is 26.6. The number of hydrogen-bond acceptors (Lipinski definition) is 7. The van der Waals surface area contributed by atoms with Gasteiger partial charge in [0, 0.05) is 31.4 Å². The molecule has 8 heteroatoms. The number of likely N-dealkylation sites (tertiary alicyclic amines) is 1. The largest absolute Gasteiger partial charge is 0.365 e. The van der Waals surface area contributed by atoms with Crippen LogP contribution in [-0.4, -0.2) is 50.1 Å².